The van der Waals surface area contributed by atoms with Crippen molar-refractivity contribution in [2.24, 2.45) is 0 Å². The van der Waals surface area contributed by atoms with Gasteiger partial charge in [-0.3, -0.25) is 9.59 Å². The van der Waals surface area contributed by atoms with Crippen molar-refractivity contribution in [2.75, 3.05) is 19.6 Å². The van der Waals surface area contributed by atoms with Gasteiger partial charge in [-0.05, 0) is 50.1 Å². The number of carbonyl (C=O) groups excluding carboxylic acids is 2. The summed E-state index contributed by atoms with van der Waals surface area (Å²) in [6, 6.07) is 5.71. The Morgan fingerprint density at radius 1 is 1.18 bits per heavy atom. The lowest BCUT2D eigenvalue weighted by Gasteiger charge is -2.10. The van der Waals surface area contributed by atoms with Crippen molar-refractivity contribution in [1.29, 1.82) is 0 Å². The Hall–Kier alpha value is -1.95. The minimum absolute atomic E-state index is 0.0456. The lowest BCUT2D eigenvalue weighted by molar-refractivity contribution is -0.121. The van der Waals surface area contributed by atoms with E-state index in [1.54, 1.807) is 0 Å². The van der Waals surface area contributed by atoms with Crippen LogP contribution in [0, 0.1) is 5.82 Å². The van der Waals surface area contributed by atoms with Gasteiger partial charge in [0.15, 0.2) is 0 Å². The lowest BCUT2D eigenvalue weighted by atomic mass is 10.1. The Morgan fingerprint density at radius 2 is 1.91 bits per heavy atom. The van der Waals surface area contributed by atoms with Crippen LogP contribution in [-0.4, -0.2) is 37.5 Å². The van der Waals surface area contributed by atoms with Crippen molar-refractivity contribution >= 4 is 11.8 Å². The predicted octanol–water partition coefficient (Wildman–Crippen LogP) is 1.20. The van der Waals surface area contributed by atoms with Gasteiger partial charge in [-0.15, -0.1) is 0 Å². The zero-order valence-electron chi connectivity index (χ0n) is 12.5. The summed E-state index contributed by atoms with van der Waals surface area (Å²) >= 11 is 0. The van der Waals surface area contributed by atoms with Crippen molar-refractivity contribution in [3.8, 4) is 0 Å². The van der Waals surface area contributed by atoms with Gasteiger partial charge in [0.05, 0.1) is 0 Å². The van der Waals surface area contributed by atoms with E-state index in [0.717, 1.165) is 19.4 Å². The normalized spacial score (nSPS) is 17.2. The van der Waals surface area contributed by atoms with E-state index < -0.39 is 0 Å². The first-order valence-electron chi connectivity index (χ1n) is 7.69. The Labute approximate surface area is 129 Å². The fraction of sp³-hybridized carbons (Fsp3) is 0.500. The maximum Gasteiger partial charge on any atom is 0.251 e. The highest BCUT2D eigenvalue weighted by Crippen LogP contribution is 2.08. The molecule has 0 bridgehead atoms. The van der Waals surface area contributed by atoms with Crippen molar-refractivity contribution < 1.29 is 14.0 Å². The third-order valence-electron chi connectivity index (χ3n) is 3.66. The number of hydrogen-bond donors (Lipinski definition) is 3. The van der Waals surface area contributed by atoms with Crippen LogP contribution in [0.2, 0.25) is 0 Å². The molecule has 1 aliphatic heterocycles. The molecule has 1 aromatic rings. The van der Waals surface area contributed by atoms with Crippen molar-refractivity contribution in [1.82, 2.24) is 16.0 Å². The highest BCUT2D eigenvalue weighted by atomic mass is 19.1. The van der Waals surface area contributed by atoms with Crippen LogP contribution in [0.5, 0.6) is 0 Å². The molecule has 1 aromatic carbocycles. The Bertz CT molecular complexity index is 499. The first-order valence-corrected chi connectivity index (χ1v) is 7.69. The Balaban J connectivity index is 1.55. The van der Waals surface area contributed by atoms with Crippen LogP contribution in [0.15, 0.2) is 24.3 Å². The second-order valence-corrected chi connectivity index (χ2v) is 5.46. The van der Waals surface area contributed by atoms with Crippen LogP contribution in [0.4, 0.5) is 4.39 Å². The van der Waals surface area contributed by atoms with E-state index in [9.17, 15) is 14.0 Å². The van der Waals surface area contributed by atoms with Crippen LogP contribution in [0.25, 0.3) is 0 Å². The quantitative estimate of drug-likeness (QED) is 0.663. The average Bonchev–Trinajstić information content (AvgIpc) is 3.00. The molecule has 120 valence electrons. The van der Waals surface area contributed by atoms with Crippen molar-refractivity contribution in [2.45, 2.75) is 31.7 Å². The van der Waals surface area contributed by atoms with Gasteiger partial charge in [0.1, 0.15) is 5.82 Å². The number of benzene rings is 1. The number of carbonyl (C=O) groups is 2. The van der Waals surface area contributed by atoms with Crippen molar-refractivity contribution in [3.63, 3.8) is 0 Å². The van der Waals surface area contributed by atoms with E-state index >= 15 is 0 Å². The lowest BCUT2D eigenvalue weighted by Crippen LogP contribution is -2.33. The summed E-state index contributed by atoms with van der Waals surface area (Å²) in [6.45, 7) is 2.00. The zero-order valence-corrected chi connectivity index (χ0v) is 12.5. The highest BCUT2D eigenvalue weighted by Gasteiger charge is 2.17. The second kappa shape index (κ2) is 8.48. The van der Waals surface area contributed by atoms with E-state index in [1.807, 2.05) is 0 Å². The number of hydrogen-bond acceptors (Lipinski definition) is 3. The molecular weight excluding hydrogens is 285 g/mol. The van der Waals surface area contributed by atoms with Gasteiger partial charge in [-0.2, -0.15) is 0 Å². The smallest absolute Gasteiger partial charge is 0.251 e. The van der Waals surface area contributed by atoms with Gasteiger partial charge in [-0.25, -0.2) is 4.39 Å². The topological polar surface area (TPSA) is 70.2 Å². The van der Waals surface area contributed by atoms with Crippen LogP contribution >= 0.6 is 0 Å². The molecule has 6 heteroatoms. The SMILES string of the molecule is O=C(CC1CCCN1)NCCCNC(=O)c1ccc(F)cc1. The van der Waals surface area contributed by atoms with Crippen LogP contribution in [0.3, 0.4) is 0 Å². The minimum Gasteiger partial charge on any atom is -0.356 e. The molecule has 1 atom stereocenters. The number of nitrogens with one attached hydrogen (secondary N) is 3. The average molecular weight is 307 g/mol. The van der Waals surface area contributed by atoms with Crippen molar-refractivity contribution in [3.05, 3.63) is 35.6 Å². The molecule has 0 saturated carbocycles. The summed E-state index contributed by atoms with van der Waals surface area (Å²) in [6.07, 6.45) is 3.37. The number of halogens is 1. The van der Waals surface area contributed by atoms with Gasteiger partial charge in [0, 0.05) is 31.1 Å². The monoisotopic (exact) mass is 307 g/mol. The van der Waals surface area contributed by atoms with E-state index in [0.29, 0.717) is 37.5 Å². The summed E-state index contributed by atoms with van der Waals surface area (Å²) < 4.78 is 12.7. The maximum atomic E-state index is 12.7. The zero-order chi connectivity index (χ0) is 15.8. The molecule has 2 rings (SSSR count). The summed E-state index contributed by atoms with van der Waals surface area (Å²) in [5.74, 6) is -0.554. The first-order chi connectivity index (χ1) is 10.6. The minimum atomic E-state index is -0.365. The molecule has 0 radical (unpaired) electrons. The fourth-order valence-electron chi connectivity index (χ4n) is 2.45. The molecule has 2 amide bonds. The standard InChI is InChI=1S/C16H22FN3O2/c17-13-6-4-12(5-7-13)16(22)20-10-2-9-19-15(21)11-14-3-1-8-18-14/h4-7,14,18H,1-3,8-11H2,(H,19,21)(H,20,22). The van der Waals surface area contributed by atoms with Gasteiger partial charge in [-0.1, -0.05) is 0 Å². The van der Waals surface area contributed by atoms with E-state index in [-0.39, 0.29) is 17.6 Å². The molecule has 1 aliphatic rings. The third kappa shape index (κ3) is 5.44. The molecule has 3 N–H and O–H groups in total. The van der Waals surface area contributed by atoms with E-state index in [2.05, 4.69) is 16.0 Å². The van der Waals surface area contributed by atoms with Gasteiger partial charge in [0.2, 0.25) is 5.91 Å². The Kier molecular flexibility index (Phi) is 6.33. The molecular formula is C16H22FN3O2. The molecule has 5 nitrogen and oxygen atoms in total. The second-order valence-electron chi connectivity index (χ2n) is 5.46. The molecule has 1 saturated heterocycles. The van der Waals surface area contributed by atoms with Gasteiger partial charge >= 0.3 is 0 Å². The summed E-state index contributed by atoms with van der Waals surface area (Å²) in [4.78, 5) is 23.4. The predicted molar refractivity (Wildman–Crippen MR) is 82.0 cm³/mol. The molecule has 1 unspecified atom stereocenters. The van der Waals surface area contributed by atoms with Crippen LogP contribution < -0.4 is 16.0 Å². The fourth-order valence-corrected chi connectivity index (χ4v) is 2.45. The molecule has 22 heavy (non-hydrogen) atoms. The third-order valence-corrected chi connectivity index (χ3v) is 3.66. The number of rotatable bonds is 7. The van der Waals surface area contributed by atoms with Crippen LogP contribution in [0.1, 0.15) is 36.0 Å². The van der Waals surface area contributed by atoms with E-state index in [4.69, 9.17) is 0 Å². The van der Waals surface area contributed by atoms with E-state index in [1.165, 1.54) is 24.3 Å². The molecule has 0 aliphatic carbocycles. The summed E-state index contributed by atoms with van der Waals surface area (Å²) in [5.41, 5.74) is 0.428. The van der Waals surface area contributed by atoms with Crippen LogP contribution in [-0.2, 0) is 4.79 Å². The molecule has 0 aromatic heterocycles. The van der Waals surface area contributed by atoms with Gasteiger partial charge < -0.3 is 16.0 Å². The molecule has 1 fully saturated rings. The summed E-state index contributed by atoms with van der Waals surface area (Å²) in [7, 11) is 0. The van der Waals surface area contributed by atoms with Gasteiger partial charge in [0.25, 0.3) is 5.91 Å². The Morgan fingerprint density at radius 3 is 2.59 bits per heavy atom. The number of amides is 2. The largest absolute Gasteiger partial charge is 0.356 e. The maximum absolute atomic E-state index is 12.7. The summed E-state index contributed by atoms with van der Waals surface area (Å²) in [5, 5.41) is 8.87. The molecule has 1 heterocycles. The highest BCUT2D eigenvalue weighted by molar-refractivity contribution is 5.94. The first kappa shape index (κ1) is 16.4. The molecule has 0 spiro atoms.